The Hall–Kier alpha value is -1.76. The van der Waals surface area contributed by atoms with E-state index in [4.69, 9.17) is 9.47 Å². The van der Waals surface area contributed by atoms with Crippen molar-refractivity contribution in [2.75, 3.05) is 37.8 Å². The first-order valence-electron chi connectivity index (χ1n) is 7.41. The van der Waals surface area contributed by atoms with Crippen LogP contribution in [-0.2, 0) is 14.3 Å². The zero-order chi connectivity index (χ0) is 16.0. The summed E-state index contributed by atoms with van der Waals surface area (Å²) in [5.74, 6) is 0.463. The van der Waals surface area contributed by atoms with Crippen molar-refractivity contribution in [3.8, 4) is 0 Å². The number of alkyl halides is 1. The number of esters is 1. The number of carbonyl (C=O) groups is 1. The molecular weight excluding hydrogens is 289 g/mol. The van der Waals surface area contributed by atoms with Crippen LogP contribution < -0.4 is 4.90 Å². The SMILES string of the molecule is CCOC(=O)[C@@]1(F)CN(c2cc(C)nc(C)n2)CC12COC2. The van der Waals surface area contributed by atoms with Gasteiger partial charge in [0.1, 0.15) is 11.6 Å². The van der Waals surface area contributed by atoms with Gasteiger partial charge in [0.05, 0.1) is 31.8 Å². The van der Waals surface area contributed by atoms with Crippen molar-refractivity contribution in [3.63, 3.8) is 0 Å². The van der Waals surface area contributed by atoms with E-state index in [1.54, 1.807) is 24.8 Å². The molecule has 2 aliphatic heterocycles. The highest BCUT2D eigenvalue weighted by Gasteiger charge is 2.68. The number of ether oxygens (including phenoxy) is 2. The van der Waals surface area contributed by atoms with Gasteiger partial charge in [-0.1, -0.05) is 0 Å². The van der Waals surface area contributed by atoms with Gasteiger partial charge in [-0.15, -0.1) is 0 Å². The van der Waals surface area contributed by atoms with E-state index in [0.717, 1.165) is 5.69 Å². The smallest absolute Gasteiger partial charge is 0.346 e. The average Bonchev–Trinajstić information content (AvgIpc) is 2.73. The Morgan fingerprint density at radius 1 is 1.41 bits per heavy atom. The second-order valence-corrected chi connectivity index (χ2v) is 6.07. The van der Waals surface area contributed by atoms with Crippen molar-refractivity contribution in [3.05, 3.63) is 17.6 Å². The molecule has 2 aliphatic rings. The number of aromatic nitrogens is 2. The molecule has 2 saturated heterocycles. The number of anilines is 1. The first-order valence-corrected chi connectivity index (χ1v) is 7.41. The van der Waals surface area contributed by atoms with Crippen LogP contribution in [0.5, 0.6) is 0 Å². The van der Waals surface area contributed by atoms with Crippen LogP contribution in [0.15, 0.2) is 6.07 Å². The third-order valence-electron chi connectivity index (χ3n) is 4.38. The molecule has 0 amide bonds. The molecule has 0 unspecified atom stereocenters. The molecule has 3 heterocycles. The monoisotopic (exact) mass is 309 g/mol. The second kappa shape index (κ2) is 5.15. The second-order valence-electron chi connectivity index (χ2n) is 6.07. The van der Waals surface area contributed by atoms with Crippen molar-refractivity contribution < 1.29 is 18.7 Å². The van der Waals surface area contributed by atoms with Gasteiger partial charge in [-0.05, 0) is 20.8 Å². The van der Waals surface area contributed by atoms with Gasteiger partial charge in [0.25, 0.3) is 0 Å². The maximum absolute atomic E-state index is 15.5. The van der Waals surface area contributed by atoms with Gasteiger partial charge >= 0.3 is 5.97 Å². The molecule has 0 bridgehead atoms. The lowest BCUT2D eigenvalue weighted by Crippen LogP contribution is -2.61. The molecule has 1 aromatic heterocycles. The number of aryl methyl sites for hydroxylation is 2. The van der Waals surface area contributed by atoms with E-state index >= 15 is 4.39 Å². The Bertz CT molecular complexity index is 585. The van der Waals surface area contributed by atoms with E-state index in [2.05, 4.69) is 9.97 Å². The Morgan fingerprint density at radius 3 is 2.68 bits per heavy atom. The van der Waals surface area contributed by atoms with Crippen LogP contribution in [0.25, 0.3) is 0 Å². The molecule has 0 aliphatic carbocycles. The Morgan fingerprint density at radius 2 is 2.14 bits per heavy atom. The summed E-state index contributed by atoms with van der Waals surface area (Å²) in [5, 5.41) is 0. The molecule has 120 valence electrons. The minimum atomic E-state index is -2.06. The highest BCUT2D eigenvalue weighted by molar-refractivity contribution is 5.83. The van der Waals surface area contributed by atoms with Crippen LogP contribution >= 0.6 is 0 Å². The first kappa shape index (κ1) is 15.1. The van der Waals surface area contributed by atoms with Gasteiger partial charge in [-0.2, -0.15) is 0 Å². The number of rotatable bonds is 3. The molecule has 0 aromatic carbocycles. The highest BCUT2D eigenvalue weighted by atomic mass is 19.1. The van der Waals surface area contributed by atoms with Crippen LogP contribution in [0.2, 0.25) is 0 Å². The molecule has 2 fully saturated rings. The Labute approximate surface area is 128 Å². The summed E-state index contributed by atoms with van der Waals surface area (Å²) in [6, 6.07) is 1.80. The number of hydrogen-bond acceptors (Lipinski definition) is 6. The molecular formula is C15H20FN3O3. The first-order chi connectivity index (χ1) is 10.4. The van der Waals surface area contributed by atoms with Crippen molar-refractivity contribution in [1.29, 1.82) is 0 Å². The van der Waals surface area contributed by atoms with E-state index in [1.165, 1.54) is 0 Å². The minimum Gasteiger partial charge on any atom is -0.464 e. The van der Waals surface area contributed by atoms with Crippen LogP contribution in [0, 0.1) is 19.3 Å². The zero-order valence-corrected chi connectivity index (χ0v) is 13.1. The average molecular weight is 309 g/mol. The van der Waals surface area contributed by atoms with E-state index in [1.807, 2.05) is 6.92 Å². The van der Waals surface area contributed by atoms with Crippen molar-refractivity contribution >= 4 is 11.8 Å². The summed E-state index contributed by atoms with van der Waals surface area (Å²) in [7, 11) is 0. The van der Waals surface area contributed by atoms with Crippen molar-refractivity contribution in [2.24, 2.45) is 5.41 Å². The molecule has 1 aromatic rings. The minimum absolute atomic E-state index is 0.0644. The fourth-order valence-corrected chi connectivity index (χ4v) is 3.19. The van der Waals surface area contributed by atoms with Gasteiger partial charge in [0, 0.05) is 18.3 Å². The molecule has 0 saturated carbocycles. The van der Waals surface area contributed by atoms with E-state index in [9.17, 15) is 4.79 Å². The number of carbonyl (C=O) groups excluding carboxylic acids is 1. The topological polar surface area (TPSA) is 64.5 Å². The Balaban J connectivity index is 1.92. The standard InChI is InChI=1S/C15H20FN3O3/c1-4-22-13(20)15(16)7-19(6-14(15)8-21-9-14)12-5-10(2)17-11(3)18-12/h5H,4,6-9H2,1-3H3/t15-/m0/s1. The Kier molecular flexibility index (Phi) is 3.55. The molecule has 3 rings (SSSR count). The van der Waals surface area contributed by atoms with Crippen molar-refractivity contribution in [1.82, 2.24) is 9.97 Å². The number of nitrogens with zero attached hydrogens (tertiary/aromatic N) is 3. The van der Waals surface area contributed by atoms with Crippen LogP contribution in [-0.4, -0.2) is 54.5 Å². The molecule has 1 atom stereocenters. The molecule has 22 heavy (non-hydrogen) atoms. The molecule has 0 N–H and O–H groups in total. The third-order valence-corrected chi connectivity index (χ3v) is 4.38. The van der Waals surface area contributed by atoms with Gasteiger partial charge in [-0.3, -0.25) is 0 Å². The molecule has 6 nitrogen and oxygen atoms in total. The maximum atomic E-state index is 15.5. The summed E-state index contributed by atoms with van der Waals surface area (Å²) >= 11 is 0. The summed E-state index contributed by atoms with van der Waals surface area (Å²) < 4.78 is 25.7. The fourth-order valence-electron chi connectivity index (χ4n) is 3.19. The molecule has 1 spiro atoms. The molecule has 7 heteroatoms. The van der Waals surface area contributed by atoms with Gasteiger partial charge in [0.15, 0.2) is 0 Å². The fraction of sp³-hybridized carbons (Fsp3) is 0.667. The van der Waals surface area contributed by atoms with Crippen LogP contribution in [0.4, 0.5) is 10.2 Å². The van der Waals surface area contributed by atoms with Gasteiger partial charge in [0.2, 0.25) is 5.67 Å². The molecule has 0 radical (unpaired) electrons. The lowest BCUT2D eigenvalue weighted by Gasteiger charge is -2.43. The summed E-state index contributed by atoms with van der Waals surface area (Å²) in [6.07, 6.45) is 0. The van der Waals surface area contributed by atoms with Crippen LogP contribution in [0.3, 0.4) is 0 Å². The largest absolute Gasteiger partial charge is 0.464 e. The summed E-state index contributed by atoms with van der Waals surface area (Å²) in [6.45, 7) is 6.27. The number of halogens is 1. The normalized spacial score (nSPS) is 26.1. The highest BCUT2D eigenvalue weighted by Crippen LogP contribution is 2.49. The predicted octanol–water partition coefficient (Wildman–Crippen LogP) is 1.20. The van der Waals surface area contributed by atoms with E-state index in [0.29, 0.717) is 18.2 Å². The summed E-state index contributed by atoms with van der Waals surface area (Å²) in [4.78, 5) is 22.6. The predicted molar refractivity (Wildman–Crippen MR) is 77.4 cm³/mol. The third kappa shape index (κ3) is 2.15. The lowest BCUT2D eigenvalue weighted by atomic mass is 9.74. The van der Waals surface area contributed by atoms with Gasteiger partial charge in [-0.25, -0.2) is 19.2 Å². The quantitative estimate of drug-likeness (QED) is 0.782. The van der Waals surface area contributed by atoms with Gasteiger partial charge < -0.3 is 14.4 Å². The van der Waals surface area contributed by atoms with E-state index in [-0.39, 0.29) is 26.4 Å². The maximum Gasteiger partial charge on any atom is 0.346 e. The summed E-state index contributed by atoms with van der Waals surface area (Å²) in [5.41, 5.74) is -2.09. The van der Waals surface area contributed by atoms with Crippen LogP contribution in [0.1, 0.15) is 18.4 Å². The lowest BCUT2D eigenvalue weighted by molar-refractivity contribution is -0.196. The number of hydrogen-bond donors (Lipinski definition) is 0. The van der Waals surface area contributed by atoms with Crippen molar-refractivity contribution in [2.45, 2.75) is 26.4 Å². The van der Waals surface area contributed by atoms with E-state index < -0.39 is 17.1 Å². The zero-order valence-electron chi connectivity index (χ0n) is 13.1.